The van der Waals surface area contributed by atoms with Crippen molar-refractivity contribution in [1.82, 2.24) is 19.5 Å². The Labute approximate surface area is 100 Å². The summed E-state index contributed by atoms with van der Waals surface area (Å²) in [4.78, 5) is 21.5. The number of rotatable bonds is 5. The van der Waals surface area contributed by atoms with Crippen molar-refractivity contribution >= 4 is 17.1 Å². The molecular weight excluding hydrogens is 244 g/mol. The van der Waals surface area contributed by atoms with Gasteiger partial charge in [-0.1, -0.05) is 0 Å². The Morgan fingerprint density at radius 1 is 1.67 bits per heavy atom. The number of nitrogen functional groups attached to an aromatic ring is 1. The van der Waals surface area contributed by atoms with Gasteiger partial charge in [-0.2, -0.15) is 4.98 Å². The fourth-order valence-electron chi connectivity index (χ4n) is 1.40. The third-order valence-corrected chi connectivity index (χ3v) is 2.32. The lowest BCUT2D eigenvalue weighted by molar-refractivity contribution is -0.0336. The molecule has 0 aliphatic rings. The molecular formula is C9H12FN5O3. The summed E-state index contributed by atoms with van der Waals surface area (Å²) < 4.78 is 18.8. The van der Waals surface area contributed by atoms with Crippen molar-refractivity contribution in [2.45, 2.75) is 12.8 Å². The molecule has 4 N–H and O–H groups in total. The van der Waals surface area contributed by atoms with Gasteiger partial charge in [0.05, 0.1) is 12.9 Å². The van der Waals surface area contributed by atoms with Crippen LogP contribution in [0.15, 0.2) is 11.1 Å². The number of aromatic amines is 1. The highest BCUT2D eigenvalue weighted by Gasteiger charge is 2.11. The molecule has 0 saturated heterocycles. The number of aromatic nitrogens is 4. The number of nitrogens with one attached hydrogen (secondary N) is 1. The van der Waals surface area contributed by atoms with Crippen LogP contribution in [-0.2, 0) is 11.5 Å². The van der Waals surface area contributed by atoms with E-state index >= 15 is 0 Å². The van der Waals surface area contributed by atoms with E-state index in [1.165, 1.54) is 10.9 Å². The molecule has 0 amide bonds. The number of ether oxygens (including phenoxy) is 1. The molecule has 0 fully saturated rings. The molecule has 2 aromatic rings. The van der Waals surface area contributed by atoms with Crippen LogP contribution in [0.5, 0.6) is 0 Å². The minimum atomic E-state index is -0.915. The van der Waals surface area contributed by atoms with Gasteiger partial charge in [0.2, 0.25) is 5.95 Å². The minimum Gasteiger partial charge on any atom is -0.394 e. The first-order valence-electron chi connectivity index (χ1n) is 5.14. The number of aliphatic hydroxyl groups is 1. The standard InChI is InChI=1S/C9H12FN5O3/c10-1-5(2-16)18-4-15-3-12-6-7(15)13-9(11)14-8(6)17/h3,5,16H,1-2,4H2,(H3,11,13,14,17)/i10-1. The predicted molar refractivity (Wildman–Crippen MR) is 60.5 cm³/mol. The molecule has 0 aromatic carbocycles. The maximum absolute atomic E-state index is 12.3. The zero-order valence-corrected chi connectivity index (χ0v) is 9.34. The van der Waals surface area contributed by atoms with E-state index in [4.69, 9.17) is 15.6 Å². The highest BCUT2D eigenvalue weighted by molar-refractivity contribution is 5.70. The second-order valence-corrected chi connectivity index (χ2v) is 3.59. The Morgan fingerprint density at radius 2 is 2.44 bits per heavy atom. The van der Waals surface area contributed by atoms with Crippen molar-refractivity contribution < 1.29 is 14.2 Å². The lowest BCUT2D eigenvalue weighted by Crippen LogP contribution is -2.21. The van der Waals surface area contributed by atoms with Crippen LogP contribution in [0.2, 0.25) is 0 Å². The number of anilines is 1. The molecule has 0 aliphatic carbocycles. The molecule has 0 aliphatic heterocycles. The Kier molecular flexibility index (Phi) is 3.53. The van der Waals surface area contributed by atoms with E-state index in [-0.39, 0.29) is 23.8 Å². The van der Waals surface area contributed by atoms with Crippen LogP contribution in [0, 0.1) is 0 Å². The summed E-state index contributed by atoms with van der Waals surface area (Å²) in [6.45, 7) is -1.32. The SMILES string of the molecule is Nc1nc2c(ncn2COC(CO)C[18F])c(=O)[nH]1. The first-order valence-corrected chi connectivity index (χ1v) is 5.14. The monoisotopic (exact) mass is 256 g/mol. The normalized spacial score (nSPS) is 13.0. The number of fused-ring (bicyclic) bond motifs is 1. The number of nitrogens with two attached hydrogens (primary N) is 1. The highest BCUT2D eigenvalue weighted by Crippen LogP contribution is 2.07. The largest absolute Gasteiger partial charge is 0.394 e. The van der Waals surface area contributed by atoms with Crippen LogP contribution in [-0.4, -0.2) is 44.0 Å². The third-order valence-electron chi connectivity index (χ3n) is 2.32. The van der Waals surface area contributed by atoms with Crippen molar-refractivity contribution in [2.24, 2.45) is 0 Å². The molecule has 2 heterocycles. The summed E-state index contributed by atoms with van der Waals surface area (Å²) in [5, 5.41) is 8.78. The molecule has 98 valence electrons. The number of nitrogens with zero attached hydrogens (tertiary/aromatic N) is 3. The third kappa shape index (κ3) is 2.31. The fraction of sp³-hybridized carbons (Fsp3) is 0.444. The summed E-state index contributed by atoms with van der Waals surface area (Å²) in [6.07, 6.45) is 0.417. The van der Waals surface area contributed by atoms with Gasteiger partial charge in [-0.3, -0.25) is 14.3 Å². The molecule has 2 rings (SSSR count). The van der Waals surface area contributed by atoms with Gasteiger partial charge in [0.1, 0.15) is 19.5 Å². The molecule has 0 spiro atoms. The number of hydrogen-bond donors (Lipinski definition) is 3. The van der Waals surface area contributed by atoms with Gasteiger partial charge >= 0.3 is 0 Å². The van der Waals surface area contributed by atoms with Gasteiger partial charge < -0.3 is 15.6 Å². The molecule has 0 bridgehead atoms. The summed E-state index contributed by atoms with van der Waals surface area (Å²) >= 11 is 0. The van der Waals surface area contributed by atoms with Crippen LogP contribution < -0.4 is 11.3 Å². The van der Waals surface area contributed by atoms with Crippen LogP contribution in [0.25, 0.3) is 11.2 Å². The minimum absolute atomic E-state index is 0.0431. The summed E-state index contributed by atoms with van der Waals surface area (Å²) in [7, 11) is 0. The Balaban J connectivity index is 2.27. The fourth-order valence-corrected chi connectivity index (χ4v) is 1.40. The van der Waals surface area contributed by atoms with Crippen molar-refractivity contribution in [3.8, 4) is 0 Å². The predicted octanol–water partition coefficient (Wildman–Crippen LogP) is -0.994. The van der Waals surface area contributed by atoms with Crippen LogP contribution in [0.3, 0.4) is 0 Å². The molecule has 0 saturated carbocycles. The molecule has 2 aromatic heterocycles. The molecule has 8 nitrogen and oxygen atoms in total. The first-order chi connectivity index (χ1) is 8.65. The van der Waals surface area contributed by atoms with Crippen LogP contribution in [0.4, 0.5) is 10.3 Å². The molecule has 18 heavy (non-hydrogen) atoms. The van der Waals surface area contributed by atoms with E-state index in [9.17, 15) is 9.18 Å². The average Bonchev–Trinajstić information content (AvgIpc) is 2.74. The van der Waals surface area contributed by atoms with Gasteiger partial charge in [-0.15, -0.1) is 0 Å². The van der Waals surface area contributed by atoms with Gasteiger partial charge in [0.15, 0.2) is 11.2 Å². The maximum atomic E-state index is 12.3. The molecule has 0 radical (unpaired) electrons. The number of imidazole rings is 1. The number of halogens is 1. The summed E-state index contributed by atoms with van der Waals surface area (Å²) in [5.41, 5.74) is 5.32. The zero-order valence-electron chi connectivity index (χ0n) is 9.34. The van der Waals surface area contributed by atoms with Gasteiger partial charge in [0, 0.05) is 0 Å². The summed E-state index contributed by atoms with van der Waals surface area (Å²) in [5.74, 6) is -0.0431. The lowest BCUT2D eigenvalue weighted by Gasteiger charge is -2.11. The van der Waals surface area contributed by atoms with E-state index in [1.54, 1.807) is 0 Å². The van der Waals surface area contributed by atoms with Crippen molar-refractivity contribution in [2.75, 3.05) is 19.0 Å². The average molecular weight is 256 g/mol. The van der Waals surface area contributed by atoms with E-state index in [0.29, 0.717) is 0 Å². The highest BCUT2D eigenvalue weighted by atomic mass is 18.2. The quantitative estimate of drug-likeness (QED) is 0.631. The van der Waals surface area contributed by atoms with E-state index < -0.39 is 24.9 Å². The number of aliphatic hydroxyl groups excluding tert-OH is 1. The second kappa shape index (κ2) is 5.10. The zero-order chi connectivity index (χ0) is 13.1. The Hall–Kier alpha value is -2.00. The summed E-state index contributed by atoms with van der Waals surface area (Å²) in [6, 6.07) is 0. The van der Waals surface area contributed by atoms with Gasteiger partial charge in [0.25, 0.3) is 5.56 Å². The number of H-pyrrole nitrogens is 1. The van der Waals surface area contributed by atoms with Crippen molar-refractivity contribution in [3.05, 3.63) is 16.7 Å². The smallest absolute Gasteiger partial charge is 0.280 e. The van der Waals surface area contributed by atoms with E-state index in [1.807, 2.05) is 0 Å². The Morgan fingerprint density at radius 3 is 3.11 bits per heavy atom. The second-order valence-electron chi connectivity index (χ2n) is 3.59. The van der Waals surface area contributed by atoms with Gasteiger partial charge in [-0.05, 0) is 0 Å². The molecule has 1 atom stereocenters. The maximum Gasteiger partial charge on any atom is 0.280 e. The molecule has 1 unspecified atom stereocenters. The van der Waals surface area contributed by atoms with Gasteiger partial charge in [-0.25, -0.2) is 9.37 Å². The lowest BCUT2D eigenvalue weighted by atomic mass is 10.4. The number of hydrogen-bond acceptors (Lipinski definition) is 6. The van der Waals surface area contributed by atoms with E-state index in [2.05, 4.69) is 15.0 Å². The van der Waals surface area contributed by atoms with Crippen LogP contribution >= 0.6 is 0 Å². The van der Waals surface area contributed by atoms with E-state index in [0.717, 1.165) is 0 Å². The van der Waals surface area contributed by atoms with Crippen LogP contribution in [0.1, 0.15) is 0 Å². The molecule has 9 heteroatoms. The Bertz CT molecular complexity index is 591. The topological polar surface area (TPSA) is 119 Å². The number of alkyl halides is 1. The van der Waals surface area contributed by atoms with Crippen molar-refractivity contribution in [3.63, 3.8) is 0 Å². The van der Waals surface area contributed by atoms with Crippen molar-refractivity contribution in [1.29, 1.82) is 0 Å². The first kappa shape index (κ1) is 12.5.